The Labute approximate surface area is 192 Å². The number of ether oxygens (including phenoxy) is 1. The summed E-state index contributed by atoms with van der Waals surface area (Å²) < 4.78 is 5.54. The molecule has 0 aromatic heterocycles. The Balaban J connectivity index is 0.00000231. The maximum Gasteiger partial charge on any atom is 0.0709 e. The van der Waals surface area contributed by atoms with E-state index in [9.17, 15) is 0 Å². The highest BCUT2D eigenvalue weighted by Gasteiger charge is 2.28. The minimum atomic E-state index is 0. The number of hydrogen-bond acceptors (Lipinski definition) is 4. The van der Waals surface area contributed by atoms with Gasteiger partial charge in [-0.05, 0) is 37.0 Å². The maximum absolute atomic E-state index is 5.54. The number of aliphatic imine (C=N–C) groups is 1. The highest BCUT2D eigenvalue weighted by molar-refractivity contribution is 6.10. The average molecular weight is 438 g/mol. The van der Waals surface area contributed by atoms with Crippen molar-refractivity contribution in [2.75, 3.05) is 39.4 Å². The third-order valence-electron chi connectivity index (χ3n) is 6.87. The van der Waals surface area contributed by atoms with Gasteiger partial charge >= 0.3 is 0 Å². The Hall–Kier alpha value is -2.14. The van der Waals surface area contributed by atoms with Gasteiger partial charge in [0, 0.05) is 49.9 Å². The number of allylic oxidation sites excluding steroid dienone is 2. The first-order chi connectivity index (χ1) is 14.8. The summed E-state index contributed by atoms with van der Waals surface area (Å²) in [5.74, 6) is 0. The first kappa shape index (κ1) is 22.1. The van der Waals surface area contributed by atoms with E-state index in [0.717, 1.165) is 51.5 Å². The standard InChI is InChI=1S/C26H31N3O.ClH/c1-20(28-13-11-22(12-14-28)29-15-17-30-18-16-29)24-19-26(21-7-3-2-4-8-21)27-25-10-6-5-9-23(24)25;/h2-10,22H,11-19H2,1H3;1H. The molecule has 0 radical (unpaired) electrons. The van der Waals surface area contributed by atoms with Crippen molar-refractivity contribution in [3.63, 3.8) is 0 Å². The summed E-state index contributed by atoms with van der Waals surface area (Å²) in [5.41, 5.74) is 7.65. The van der Waals surface area contributed by atoms with Crippen LogP contribution in [0.5, 0.6) is 0 Å². The molecule has 4 nitrogen and oxygen atoms in total. The van der Waals surface area contributed by atoms with Gasteiger partial charge in [-0.25, -0.2) is 0 Å². The number of benzene rings is 2. The maximum atomic E-state index is 5.54. The number of halogens is 1. The van der Waals surface area contributed by atoms with Crippen LogP contribution in [-0.4, -0.2) is 60.9 Å². The molecular formula is C26H32ClN3O. The van der Waals surface area contributed by atoms with Gasteiger partial charge < -0.3 is 9.64 Å². The molecule has 5 heteroatoms. The molecule has 31 heavy (non-hydrogen) atoms. The zero-order valence-electron chi connectivity index (χ0n) is 18.3. The van der Waals surface area contributed by atoms with Crippen LogP contribution in [0.4, 0.5) is 5.69 Å². The molecule has 2 fully saturated rings. The Morgan fingerprint density at radius 1 is 0.903 bits per heavy atom. The van der Waals surface area contributed by atoms with Crippen molar-refractivity contribution in [2.45, 2.75) is 32.2 Å². The van der Waals surface area contributed by atoms with Crippen LogP contribution in [-0.2, 0) is 4.74 Å². The van der Waals surface area contributed by atoms with Crippen molar-refractivity contribution in [1.29, 1.82) is 0 Å². The summed E-state index contributed by atoms with van der Waals surface area (Å²) in [6.45, 7) is 8.55. The number of hydrogen-bond donors (Lipinski definition) is 0. The molecule has 164 valence electrons. The van der Waals surface area contributed by atoms with Gasteiger partial charge in [-0.2, -0.15) is 0 Å². The van der Waals surface area contributed by atoms with Crippen molar-refractivity contribution in [3.8, 4) is 0 Å². The zero-order valence-corrected chi connectivity index (χ0v) is 19.1. The first-order valence-corrected chi connectivity index (χ1v) is 11.3. The molecule has 2 aromatic rings. The van der Waals surface area contributed by atoms with E-state index in [1.165, 1.54) is 41.0 Å². The molecule has 0 unspecified atom stereocenters. The van der Waals surface area contributed by atoms with Gasteiger partial charge in [-0.3, -0.25) is 9.89 Å². The van der Waals surface area contributed by atoms with Crippen LogP contribution >= 0.6 is 12.4 Å². The van der Waals surface area contributed by atoms with Gasteiger partial charge in [0.05, 0.1) is 24.6 Å². The Bertz CT molecular complexity index is 942. The number of rotatable bonds is 3. The lowest BCUT2D eigenvalue weighted by atomic mass is 9.90. The van der Waals surface area contributed by atoms with Gasteiger partial charge in [0.1, 0.15) is 0 Å². The van der Waals surface area contributed by atoms with E-state index in [1.54, 1.807) is 0 Å². The van der Waals surface area contributed by atoms with E-state index in [-0.39, 0.29) is 12.4 Å². The largest absolute Gasteiger partial charge is 0.379 e. The summed E-state index contributed by atoms with van der Waals surface area (Å²) in [6, 6.07) is 20.0. The van der Waals surface area contributed by atoms with Gasteiger partial charge in [0.15, 0.2) is 0 Å². The quantitative estimate of drug-likeness (QED) is 0.663. The number of piperidine rings is 1. The Kier molecular flexibility index (Phi) is 7.11. The summed E-state index contributed by atoms with van der Waals surface area (Å²) >= 11 is 0. The third-order valence-corrected chi connectivity index (χ3v) is 6.87. The van der Waals surface area contributed by atoms with Crippen LogP contribution in [0.3, 0.4) is 0 Å². The van der Waals surface area contributed by atoms with E-state index in [2.05, 4.69) is 71.3 Å². The number of fused-ring (bicyclic) bond motifs is 1. The van der Waals surface area contributed by atoms with Crippen LogP contribution in [0.2, 0.25) is 0 Å². The monoisotopic (exact) mass is 437 g/mol. The molecule has 0 spiro atoms. The summed E-state index contributed by atoms with van der Waals surface area (Å²) in [5, 5.41) is 0. The molecule has 2 aromatic carbocycles. The molecule has 0 bridgehead atoms. The summed E-state index contributed by atoms with van der Waals surface area (Å²) in [6.07, 6.45) is 3.38. The molecule has 0 aliphatic carbocycles. The minimum absolute atomic E-state index is 0. The number of nitrogens with zero attached hydrogens (tertiary/aromatic N) is 3. The van der Waals surface area contributed by atoms with Gasteiger partial charge in [0.25, 0.3) is 0 Å². The van der Waals surface area contributed by atoms with Gasteiger partial charge in [-0.15, -0.1) is 12.4 Å². The predicted octanol–water partition coefficient (Wildman–Crippen LogP) is 5.16. The Morgan fingerprint density at radius 2 is 1.58 bits per heavy atom. The fraction of sp³-hybridized carbons (Fsp3) is 0.423. The lowest BCUT2D eigenvalue weighted by Crippen LogP contribution is -2.48. The SMILES string of the molecule is CC(=C1CC(c2ccccc2)=Nc2ccccc21)N1CCC(N2CCOCC2)CC1.Cl. The van der Waals surface area contributed by atoms with E-state index < -0.39 is 0 Å². The smallest absolute Gasteiger partial charge is 0.0709 e. The van der Waals surface area contributed by atoms with Crippen molar-refractivity contribution in [3.05, 3.63) is 71.4 Å². The van der Waals surface area contributed by atoms with E-state index in [0.29, 0.717) is 6.04 Å². The second kappa shape index (κ2) is 9.99. The molecule has 5 rings (SSSR count). The van der Waals surface area contributed by atoms with Crippen molar-refractivity contribution in [1.82, 2.24) is 9.80 Å². The lowest BCUT2D eigenvalue weighted by Gasteiger charge is -2.41. The fourth-order valence-corrected chi connectivity index (χ4v) is 5.09. The molecule has 0 amide bonds. The molecule has 0 atom stereocenters. The van der Waals surface area contributed by atoms with Crippen molar-refractivity contribution >= 4 is 29.4 Å². The number of likely N-dealkylation sites (tertiary alicyclic amines) is 1. The molecule has 3 heterocycles. The van der Waals surface area contributed by atoms with E-state index in [1.807, 2.05) is 0 Å². The normalized spacial score (nSPS) is 21.7. The second-order valence-electron chi connectivity index (χ2n) is 8.55. The Morgan fingerprint density at radius 3 is 2.32 bits per heavy atom. The van der Waals surface area contributed by atoms with Crippen LogP contribution in [0.25, 0.3) is 5.57 Å². The number of para-hydroxylation sites is 1. The first-order valence-electron chi connectivity index (χ1n) is 11.3. The molecule has 0 saturated carbocycles. The average Bonchev–Trinajstić information content (AvgIpc) is 2.84. The lowest BCUT2D eigenvalue weighted by molar-refractivity contribution is 0.00348. The van der Waals surface area contributed by atoms with Crippen LogP contribution in [0.1, 0.15) is 37.3 Å². The molecule has 0 N–H and O–H groups in total. The highest BCUT2D eigenvalue weighted by Crippen LogP contribution is 2.38. The fourth-order valence-electron chi connectivity index (χ4n) is 5.09. The van der Waals surface area contributed by atoms with Gasteiger partial charge in [0.2, 0.25) is 0 Å². The highest BCUT2D eigenvalue weighted by atomic mass is 35.5. The van der Waals surface area contributed by atoms with Gasteiger partial charge in [-0.1, -0.05) is 48.5 Å². The van der Waals surface area contributed by atoms with E-state index in [4.69, 9.17) is 9.73 Å². The zero-order chi connectivity index (χ0) is 20.3. The molecule has 3 aliphatic rings. The molecule has 2 saturated heterocycles. The van der Waals surface area contributed by atoms with Crippen LogP contribution < -0.4 is 0 Å². The second-order valence-corrected chi connectivity index (χ2v) is 8.55. The topological polar surface area (TPSA) is 28.1 Å². The van der Waals surface area contributed by atoms with Crippen molar-refractivity contribution < 1.29 is 4.74 Å². The summed E-state index contributed by atoms with van der Waals surface area (Å²) in [4.78, 5) is 10.3. The minimum Gasteiger partial charge on any atom is -0.379 e. The third kappa shape index (κ3) is 4.72. The number of morpholine rings is 1. The predicted molar refractivity (Wildman–Crippen MR) is 131 cm³/mol. The van der Waals surface area contributed by atoms with E-state index >= 15 is 0 Å². The summed E-state index contributed by atoms with van der Waals surface area (Å²) in [7, 11) is 0. The molecular weight excluding hydrogens is 406 g/mol. The van der Waals surface area contributed by atoms with Crippen LogP contribution in [0.15, 0.2) is 65.3 Å². The molecule has 3 aliphatic heterocycles. The van der Waals surface area contributed by atoms with Crippen LogP contribution in [0, 0.1) is 0 Å². The van der Waals surface area contributed by atoms with Crippen molar-refractivity contribution in [2.24, 2.45) is 4.99 Å².